The Labute approximate surface area is 366 Å². The van der Waals surface area contributed by atoms with Gasteiger partial charge in [0.1, 0.15) is 11.2 Å². The number of rotatable bonds is 3. The van der Waals surface area contributed by atoms with Crippen LogP contribution in [0.4, 0.5) is 11.4 Å². The maximum atomic E-state index is 6.62. The van der Waals surface area contributed by atoms with Crippen LogP contribution >= 0.6 is 0 Å². The summed E-state index contributed by atoms with van der Waals surface area (Å²) < 4.78 is 9.21. The highest BCUT2D eigenvalue weighted by Gasteiger charge is 2.40. The predicted molar refractivity (Wildman–Crippen MR) is 265 cm³/mol. The average molecular weight is 806 g/mol. The Morgan fingerprint density at radius 2 is 1.32 bits per heavy atom. The van der Waals surface area contributed by atoms with Crippen LogP contribution in [0, 0.1) is 6.92 Å². The van der Waals surface area contributed by atoms with Crippen molar-refractivity contribution in [3.63, 3.8) is 0 Å². The van der Waals surface area contributed by atoms with Crippen molar-refractivity contribution in [2.24, 2.45) is 0 Å². The number of anilines is 2. The molecule has 3 nitrogen and oxygen atoms in total. The van der Waals surface area contributed by atoms with Crippen molar-refractivity contribution in [2.45, 2.75) is 104 Å². The summed E-state index contributed by atoms with van der Waals surface area (Å²) in [5, 5.41) is 8.91. The fourth-order valence-corrected chi connectivity index (χ4v) is 11.6. The summed E-state index contributed by atoms with van der Waals surface area (Å²) >= 11 is 0. The molecule has 0 bridgehead atoms. The second kappa shape index (κ2) is 12.3. The van der Waals surface area contributed by atoms with E-state index in [1.807, 2.05) is 0 Å². The quantitative estimate of drug-likeness (QED) is 0.180. The minimum absolute atomic E-state index is 0.0473. The summed E-state index contributed by atoms with van der Waals surface area (Å²) in [4.78, 5) is 0. The molecule has 0 spiro atoms. The van der Waals surface area contributed by atoms with E-state index in [1.165, 1.54) is 94.1 Å². The zero-order chi connectivity index (χ0) is 42.8. The third-order valence-electron chi connectivity index (χ3n) is 15.3. The van der Waals surface area contributed by atoms with Crippen LogP contribution in [0.2, 0.25) is 0 Å². The molecule has 4 heteroatoms. The first-order chi connectivity index (χ1) is 29.5. The molecule has 9 aromatic rings. The summed E-state index contributed by atoms with van der Waals surface area (Å²) in [6, 6.07) is 43.8. The number of benzene rings is 7. The SMILES string of the molecule is Cc1cc(-c2cc3c(cc2Nc2ccc(C(C)(C)C)cc2)C(C)(C)CCC3(C)C)c2c3c1c1cc4c(cc1n3-c1cc3c(cc1[B]2)-c1ccccc1C3(C)C)oc1ccccc14. The Balaban J connectivity index is 1.18. The van der Waals surface area contributed by atoms with Crippen molar-refractivity contribution in [1.82, 2.24) is 4.57 Å². The van der Waals surface area contributed by atoms with Gasteiger partial charge in [0.25, 0.3) is 0 Å². The molecule has 12 rings (SSSR count). The van der Waals surface area contributed by atoms with Gasteiger partial charge in [-0.1, -0.05) is 135 Å². The highest BCUT2D eigenvalue weighted by molar-refractivity contribution is 6.73. The van der Waals surface area contributed by atoms with Crippen molar-refractivity contribution < 1.29 is 4.42 Å². The second-order valence-electron chi connectivity index (χ2n) is 21.6. The van der Waals surface area contributed by atoms with Crippen LogP contribution in [0.25, 0.3) is 71.7 Å². The lowest BCUT2D eigenvalue weighted by Crippen LogP contribution is -2.38. The summed E-state index contributed by atoms with van der Waals surface area (Å²) in [5.41, 5.74) is 23.8. The standard InChI is InChI=1S/C58H54BN2O/c1-32-25-40(38-27-44-45(57(7,8)24-23-56(44,5)6)29-47(38)60-34-21-19-33(20-22-34)55(2,3)4)53-54-52(32)41-26-39-36-16-12-14-18-50(36)62-51(39)31-48(41)61(54)49-30-43-37(28-46(49)59-53)35-15-11-13-17-42(35)58(43,9)10/h11-22,25-31,60H,23-24H2,1-10H3. The maximum Gasteiger partial charge on any atom is 0.197 e. The fraction of sp³-hybridized carbons (Fsp3) is 0.276. The van der Waals surface area contributed by atoms with E-state index in [9.17, 15) is 0 Å². The van der Waals surface area contributed by atoms with Gasteiger partial charge >= 0.3 is 0 Å². The van der Waals surface area contributed by atoms with E-state index in [4.69, 9.17) is 4.42 Å². The molecule has 0 fully saturated rings. The topological polar surface area (TPSA) is 30.1 Å². The van der Waals surface area contributed by atoms with E-state index in [0.717, 1.165) is 46.2 Å². The van der Waals surface area contributed by atoms with Crippen LogP contribution in [0.5, 0.6) is 0 Å². The average Bonchev–Trinajstić information content (AvgIpc) is 3.85. The number of aryl methyl sites for hydroxylation is 1. The summed E-state index contributed by atoms with van der Waals surface area (Å²) in [7, 11) is 2.51. The van der Waals surface area contributed by atoms with Crippen LogP contribution < -0.4 is 16.2 Å². The van der Waals surface area contributed by atoms with Gasteiger partial charge in [-0.2, -0.15) is 0 Å². The van der Waals surface area contributed by atoms with Crippen LogP contribution in [0.3, 0.4) is 0 Å². The molecular formula is C58H54BN2O. The number of nitrogens with zero attached hydrogens (tertiary/aromatic N) is 1. The molecule has 1 radical (unpaired) electrons. The van der Waals surface area contributed by atoms with E-state index in [-0.39, 0.29) is 21.7 Å². The molecule has 7 aromatic carbocycles. The lowest BCUT2D eigenvalue weighted by Gasteiger charge is -2.42. The maximum absolute atomic E-state index is 6.62. The molecule has 1 aliphatic heterocycles. The largest absolute Gasteiger partial charge is 0.456 e. The first-order valence-electron chi connectivity index (χ1n) is 22.6. The van der Waals surface area contributed by atoms with Gasteiger partial charge < -0.3 is 14.3 Å². The Hall–Kier alpha value is -6.00. The number of nitrogens with one attached hydrogen (secondary N) is 1. The zero-order valence-electron chi connectivity index (χ0n) is 37.8. The molecule has 0 amide bonds. The highest BCUT2D eigenvalue weighted by Crippen LogP contribution is 2.52. The molecule has 2 aromatic heterocycles. The minimum Gasteiger partial charge on any atom is -0.456 e. The molecule has 2 aliphatic carbocycles. The molecule has 305 valence electrons. The minimum atomic E-state index is -0.123. The first-order valence-corrected chi connectivity index (χ1v) is 22.6. The van der Waals surface area contributed by atoms with Crippen molar-refractivity contribution >= 4 is 73.3 Å². The van der Waals surface area contributed by atoms with Gasteiger partial charge in [0.05, 0.1) is 5.52 Å². The molecule has 62 heavy (non-hydrogen) atoms. The van der Waals surface area contributed by atoms with E-state index >= 15 is 0 Å². The molecule has 0 unspecified atom stereocenters. The Kier molecular flexibility index (Phi) is 7.51. The van der Waals surface area contributed by atoms with Crippen LogP contribution in [-0.4, -0.2) is 11.8 Å². The molecule has 0 saturated carbocycles. The Morgan fingerprint density at radius 3 is 2.08 bits per heavy atom. The van der Waals surface area contributed by atoms with Gasteiger partial charge in [0.2, 0.25) is 0 Å². The highest BCUT2D eigenvalue weighted by atomic mass is 16.3. The lowest BCUT2D eigenvalue weighted by atomic mass is 9.57. The van der Waals surface area contributed by atoms with Gasteiger partial charge in [0, 0.05) is 61.2 Å². The number of fused-ring (bicyclic) bond motifs is 12. The summed E-state index contributed by atoms with van der Waals surface area (Å²) in [6.07, 6.45) is 2.32. The van der Waals surface area contributed by atoms with Crippen LogP contribution in [0.15, 0.2) is 120 Å². The molecule has 0 saturated heterocycles. The number of furan rings is 1. The number of aromatic nitrogens is 1. The first kappa shape index (κ1) is 37.7. The molecule has 0 atom stereocenters. The van der Waals surface area contributed by atoms with Crippen molar-refractivity contribution in [3.05, 3.63) is 149 Å². The van der Waals surface area contributed by atoms with Crippen LogP contribution in [-0.2, 0) is 21.7 Å². The smallest absolute Gasteiger partial charge is 0.197 e. The van der Waals surface area contributed by atoms with Gasteiger partial charge in [-0.15, -0.1) is 0 Å². The second-order valence-corrected chi connectivity index (χ2v) is 21.6. The number of para-hydroxylation sites is 1. The third kappa shape index (κ3) is 5.19. The number of hydrogen-bond acceptors (Lipinski definition) is 2. The molecule has 3 aliphatic rings. The predicted octanol–water partition coefficient (Wildman–Crippen LogP) is 14.3. The zero-order valence-corrected chi connectivity index (χ0v) is 37.8. The van der Waals surface area contributed by atoms with Crippen LogP contribution in [0.1, 0.15) is 109 Å². The Morgan fingerprint density at radius 1 is 0.613 bits per heavy atom. The van der Waals surface area contributed by atoms with Gasteiger partial charge in [-0.25, -0.2) is 0 Å². The summed E-state index contributed by atoms with van der Waals surface area (Å²) in [5.74, 6) is 0. The van der Waals surface area contributed by atoms with E-state index in [2.05, 4.69) is 202 Å². The van der Waals surface area contributed by atoms with Crippen molar-refractivity contribution in [2.75, 3.05) is 5.32 Å². The Bertz CT molecular complexity index is 3420. The summed E-state index contributed by atoms with van der Waals surface area (Å²) in [6.45, 7) is 23.7. The van der Waals surface area contributed by atoms with E-state index in [1.54, 1.807) is 0 Å². The van der Waals surface area contributed by atoms with Crippen molar-refractivity contribution in [1.29, 1.82) is 0 Å². The van der Waals surface area contributed by atoms with Crippen molar-refractivity contribution in [3.8, 4) is 27.9 Å². The van der Waals surface area contributed by atoms with E-state index < -0.39 is 0 Å². The fourth-order valence-electron chi connectivity index (χ4n) is 11.6. The van der Waals surface area contributed by atoms with Gasteiger partial charge in [-0.05, 0) is 134 Å². The lowest BCUT2D eigenvalue weighted by molar-refractivity contribution is 0.332. The number of hydrogen-bond donors (Lipinski definition) is 1. The monoisotopic (exact) mass is 805 g/mol. The molecule has 1 N–H and O–H groups in total. The normalized spacial score (nSPS) is 16.6. The van der Waals surface area contributed by atoms with Gasteiger partial charge in [-0.3, -0.25) is 0 Å². The molecular weight excluding hydrogens is 751 g/mol. The molecule has 3 heterocycles. The van der Waals surface area contributed by atoms with Gasteiger partial charge in [0.15, 0.2) is 7.28 Å². The van der Waals surface area contributed by atoms with E-state index in [0.29, 0.717) is 0 Å². The third-order valence-corrected chi connectivity index (χ3v) is 15.3.